The van der Waals surface area contributed by atoms with Crippen LogP contribution in [-0.2, 0) is 14.7 Å². The topological polar surface area (TPSA) is 117 Å². The molecule has 2 atom stereocenters. The molecule has 0 spiro atoms. The number of nitrogens with zero attached hydrogens (tertiary/aromatic N) is 1. The van der Waals surface area contributed by atoms with E-state index < -0.39 is 34.5 Å². The van der Waals surface area contributed by atoms with Gasteiger partial charge in [-0.2, -0.15) is 0 Å². The van der Waals surface area contributed by atoms with E-state index in [1.807, 2.05) is 4.90 Å². The number of fused-ring (bicyclic) bond motifs is 3. The van der Waals surface area contributed by atoms with Gasteiger partial charge in [0, 0.05) is 0 Å². The average molecular weight is 575 g/mol. The molecule has 3 aromatic rings. The maximum absolute atomic E-state index is 14.0. The first-order valence-corrected chi connectivity index (χ1v) is 16.3. The summed E-state index contributed by atoms with van der Waals surface area (Å²) >= 11 is -2.07. The summed E-state index contributed by atoms with van der Waals surface area (Å²) in [6.45, 7) is 1.80. The molecule has 0 bridgehead atoms. The molecule has 0 aliphatic carbocycles. The first-order chi connectivity index (χ1) is 17.2. The Balaban J connectivity index is 1.47. The molecule has 2 aliphatic heterocycles. The summed E-state index contributed by atoms with van der Waals surface area (Å²) in [6.07, 6.45) is 5.09. The molecule has 11 heteroatoms. The van der Waals surface area contributed by atoms with Crippen LogP contribution >= 0.6 is 0 Å². The summed E-state index contributed by atoms with van der Waals surface area (Å²) in [4.78, 5) is 14.2. The number of benzene rings is 2. The number of likely N-dealkylation sites (tertiary alicyclic amines) is 1. The number of ether oxygens (including phenoxy) is 1. The predicted molar refractivity (Wildman–Crippen MR) is 132 cm³/mol. The molecule has 2 unspecified atom stereocenters. The summed E-state index contributed by atoms with van der Waals surface area (Å²) in [5.74, 6) is -1.16. The number of aliphatic hydroxyl groups excluding tert-OH is 1. The molecule has 1 fully saturated rings. The number of aliphatic hydroxyl groups is 1. The van der Waals surface area contributed by atoms with Crippen LogP contribution in [0.1, 0.15) is 28.1 Å². The Labute approximate surface area is 212 Å². The van der Waals surface area contributed by atoms with E-state index in [0.717, 1.165) is 18.7 Å². The summed E-state index contributed by atoms with van der Waals surface area (Å²) in [7, 11) is -3.94. The van der Waals surface area contributed by atoms with Crippen LogP contribution in [0.5, 0.6) is 5.75 Å². The van der Waals surface area contributed by atoms with E-state index in [0.29, 0.717) is 36.4 Å². The normalized spacial score (nSPS) is 18.0. The Morgan fingerprint density at radius 3 is 2.81 bits per heavy atom. The van der Waals surface area contributed by atoms with Gasteiger partial charge in [-0.25, -0.2) is 0 Å². The van der Waals surface area contributed by atoms with Crippen molar-refractivity contribution in [2.75, 3.05) is 19.6 Å². The Kier molecular flexibility index (Phi) is 6.78. The van der Waals surface area contributed by atoms with Crippen LogP contribution in [0.25, 0.3) is 17.2 Å². The van der Waals surface area contributed by atoms with Crippen molar-refractivity contribution >= 4 is 39.1 Å². The molecule has 2 N–H and O–H groups in total. The van der Waals surface area contributed by atoms with Gasteiger partial charge in [0.1, 0.15) is 0 Å². The predicted octanol–water partition coefficient (Wildman–Crippen LogP) is 2.21. The molecule has 0 radical (unpaired) electrons. The Bertz CT molecular complexity index is 1470. The number of carboxylic acids is 1. The SMILES string of the molecule is O=C(O)c1c([AsH]S(=O)(=O)c2ccc(F)cc2C=CCN2CCC(O)C2)ccc2c1OCc1occc1-2. The average Bonchev–Trinajstić information content (AvgIpc) is 3.47. The van der Waals surface area contributed by atoms with Gasteiger partial charge in [0.25, 0.3) is 0 Å². The van der Waals surface area contributed by atoms with Crippen molar-refractivity contribution in [3.8, 4) is 16.9 Å². The van der Waals surface area contributed by atoms with Gasteiger partial charge in [0.15, 0.2) is 0 Å². The van der Waals surface area contributed by atoms with Crippen LogP contribution in [0.15, 0.2) is 58.1 Å². The number of hydrogen-bond donors (Lipinski definition) is 2. The zero-order chi connectivity index (χ0) is 25.4. The number of β-amino-alcohol motifs (C(OH)–C–C–N with tert-alkyl or cyclic N) is 1. The molecule has 2 aliphatic rings. The second-order valence-electron chi connectivity index (χ2n) is 8.61. The summed E-state index contributed by atoms with van der Waals surface area (Å²) in [6, 6.07) is 8.35. The number of hydrogen-bond acceptors (Lipinski definition) is 7. The number of carboxylic acid groups (broad SMARTS) is 1. The van der Waals surface area contributed by atoms with Crippen LogP contribution in [0.2, 0.25) is 0 Å². The van der Waals surface area contributed by atoms with Gasteiger partial charge < -0.3 is 0 Å². The summed E-state index contributed by atoms with van der Waals surface area (Å²) in [5, 5.41) is 19.6. The van der Waals surface area contributed by atoms with Crippen molar-refractivity contribution in [1.82, 2.24) is 4.90 Å². The fourth-order valence-corrected chi connectivity index (χ4v) is 11.1. The van der Waals surface area contributed by atoms with Crippen LogP contribution in [0.3, 0.4) is 0 Å². The number of carbonyl (C=O) groups is 1. The second-order valence-corrected chi connectivity index (χ2v) is 16.1. The quantitative estimate of drug-likeness (QED) is 0.412. The van der Waals surface area contributed by atoms with Gasteiger partial charge in [-0.1, -0.05) is 0 Å². The van der Waals surface area contributed by atoms with Crippen molar-refractivity contribution < 1.29 is 37.0 Å². The fourth-order valence-electron chi connectivity index (χ4n) is 4.47. The van der Waals surface area contributed by atoms with Gasteiger partial charge in [0.05, 0.1) is 0 Å². The fraction of sp³-hybridized carbons (Fsp3) is 0.240. The third-order valence-corrected chi connectivity index (χ3v) is 12.9. The zero-order valence-corrected chi connectivity index (χ0v) is 21.9. The molecular formula is C25H23AsFNO7S. The van der Waals surface area contributed by atoms with Crippen molar-refractivity contribution in [2.24, 2.45) is 0 Å². The minimum absolute atomic E-state index is 0.0475. The van der Waals surface area contributed by atoms with E-state index in [4.69, 9.17) is 9.15 Å². The van der Waals surface area contributed by atoms with Crippen LogP contribution in [0, 0.1) is 5.82 Å². The molecular weight excluding hydrogens is 552 g/mol. The molecule has 5 rings (SSSR count). The molecule has 0 amide bonds. The van der Waals surface area contributed by atoms with E-state index in [1.165, 1.54) is 18.4 Å². The monoisotopic (exact) mass is 575 g/mol. The van der Waals surface area contributed by atoms with Gasteiger partial charge in [-0.05, 0) is 0 Å². The third-order valence-electron chi connectivity index (χ3n) is 6.17. The second kappa shape index (κ2) is 9.86. The Hall–Kier alpha value is -2.91. The number of halogens is 1. The molecule has 1 saturated heterocycles. The first kappa shape index (κ1) is 24.8. The van der Waals surface area contributed by atoms with Crippen molar-refractivity contribution in [3.05, 3.63) is 71.4 Å². The number of rotatable bonds is 7. The van der Waals surface area contributed by atoms with Gasteiger partial charge in [-0.3, -0.25) is 0 Å². The molecule has 8 nitrogen and oxygen atoms in total. The first-order valence-electron chi connectivity index (χ1n) is 11.2. The van der Waals surface area contributed by atoms with Crippen molar-refractivity contribution in [2.45, 2.75) is 24.0 Å². The van der Waals surface area contributed by atoms with E-state index in [9.17, 15) is 27.8 Å². The molecule has 2 aromatic carbocycles. The van der Waals surface area contributed by atoms with Crippen LogP contribution in [0.4, 0.5) is 4.39 Å². The zero-order valence-electron chi connectivity index (χ0n) is 19.0. The van der Waals surface area contributed by atoms with Crippen LogP contribution < -0.4 is 9.09 Å². The standard InChI is InChI=1S/C25H23AsFNO7S/c27-16-3-6-22(15(12-16)2-1-9-28-10-7-17(29)13-28)36(32,33)26-20-5-4-19-18-8-11-34-21(18)14-35-24(19)23(20)25(30)31/h1-6,8,11-12,17,26,29H,7,9-10,13-14H2,(H,30,31). The van der Waals surface area contributed by atoms with Crippen LogP contribution in [-0.4, -0.2) is 69.8 Å². The summed E-state index contributed by atoms with van der Waals surface area (Å²) in [5.41, 5.74) is 1.28. The maximum atomic E-state index is 14.0. The van der Waals surface area contributed by atoms with Crippen molar-refractivity contribution in [3.63, 3.8) is 0 Å². The molecule has 1 aromatic heterocycles. The molecule has 36 heavy (non-hydrogen) atoms. The van der Waals surface area contributed by atoms with E-state index in [2.05, 4.69) is 0 Å². The molecule has 3 heterocycles. The Morgan fingerprint density at radius 2 is 2.06 bits per heavy atom. The number of aromatic carboxylic acids is 1. The van der Waals surface area contributed by atoms with Gasteiger partial charge in [-0.15, -0.1) is 0 Å². The Morgan fingerprint density at radius 1 is 1.22 bits per heavy atom. The van der Waals surface area contributed by atoms with Crippen molar-refractivity contribution in [1.29, 1.82) is 0 Å². The molecule has 0 saturated carbocycles. The van der Waals surface area contributed by atoms with E-state index >= 15 is 0 Å². The summed E-state index contributed by atoms with van der Waals surface area (Å²) < 4.78 is 52.3. The minimum atomic E-state index is -3.94. The van der Waals surface area contributed by atoms with E-state index in [-0.39, 0.29) is 38.8 Å². The van der Waals surface area contributed by atoms with Gasteiger partial charge >= 0.3 is 213 Å². The van der Waals surface area contributed by atoms with Gasteiger partial charge in [0.2, 0.25) is 0 Å². The molecule has 188 valence electrons. The third kappa shape index (κ3) is 4.86. The van der Waals surface area contributed by atoms with E-state index in [1.54, 1.807) is 24.3 Å². The number of furan rings is 1.